The summed E-state index contributed by atoms with van der Waals surface area (Å²) >= 11 is 0. The summed E-state index contributed by atoms with van der Waals surface area (Å²) in [5, 5.41) is 5.45. The lowest BCUT2D eigenvalue weighted by Crippen LogP contribution is -2.22. The maximum atomic E-state index is 13.2. The lowest BCUT2D eigenvalue weighted by Gasteiger charge is -2.06. The molecule has 0 radical (unpaired) electrons. The molecular formula is C12H16F2N2O. The van der Waals surface area contributed by atoms with Gasteiger partial charge in [-0.05, 0) is 25.1 Å². The van der Waals surface area contributed by atoms with Gasteiger partial charge in [0, 0.05) is 19.0 Å². The molecule has 0 aliphatic heterocycles. The average molecular weight is 242 g/mol. The van der Waals surface area contributed by atoms with Gasteiger partial charge in [0.05, 0.1) is 5.69 Å². The zero-order chi connectivity index (χ0) is 12.7. The van der Waals surface area contributed by atoms with Crippen LogP contribution >= 0.6 is 0 Å². The minimum absolute atomic E-state index is 0.00638. The minimum Gasteiger partial charge on any atom is -0.324 e. The molecule has 0 heterocycles. The van der Waals surface area contributed by atoms with Crippen molar-refractivity contribution in [2.45, 2.75) is 19.8 Å². The summed E-state index contributed by atoms with van der Waals surface area (Å²) in [7, 11) is 0. The predicted octanol–water partition coefficient (Wildman–Crippen LogP) is 2.29. The summed E-state index contributed by atoms with van der Waals surface area (Å²) in [5.41, 5.74) is 0.00638. The molecule has 94 valence electrons. The van der Waals surface area contributed by atoms with Gasteiger partial charge >= 0.3 is 0 Å². The fourth-order valence-electron chi connectivity index (χ4n) is 1.31. The van der Waals surface area contributed by atoms with Crippen molar-refractivity contribution in [2.75, 3.05) is 18.4 Å². The topological polar surface area (TPSA) is 41.1 Å². The molecule has 0 saturated heterocycles. The summed E-state index contributed by atoms with van der Waals surface area (Å²) < 4.78 is 25.8. The smallest absolute Gasteiger partial charge is 0.225 e. The van der Waals surface area contributed by atoms with Gasteiger partial charge in [0.15, 0.2) is 0 Å². The highest BCUT2D eigenvalue weighted by molar-refractivity contribution is 5.90. The number of hydrogen-bond acceptors (Lipinski definition) is 2. The molecule has 1 amide bonds. The third-order valence-electron chi connectivity index (χ3n) is 2.16. The van der Waals surface area contributed by atoms with E-state index in [0.717, 1.165) is 25.1 Å². The molecule has 3 nitrogen and oxygen atoms in total. The van der Waals surface area contributed by atoms with Crippen molar-refractivity contribution >= 4 is 11.6 Å². The Kier molecular flexibility index (Phi) is 5.56. The predicted molar refractivity (Wildman–Crippen MR) is 62.8 cm³/mol. The summed E-state index contributed by atoms with van der Waals surface area (Å²) in [4.78, 5) is 11.4. The second-order valence-corrected chi connectivity index (χ2v) is 3.67. The van der Waals surface area contributed by atoms with Gasteiger partial charge in [0.2, 0.25) is 5.91 Å². The molecule has 1 aromatic rings. The number of carbonyl (C=O) groups excluding carboxylic acids is 1. The van der Waals surface area contributed by atoms with E-state index in [0.29, 0.717) is 6.54 Å². The number of hydrogen-bond donors (Lipinski definition) is 2. The van der Waals surface area contributed by atoms with Gasteiger partial charge in [0.25, 0.3) is 0 Å². The van der Waals surface area contributed by atoms with Crippen LogP contribution in [0.5, 0.6) is 0 Å². The van der Waals surface area contributed by atoms with Gasteiger partial charge in [-0.1, -0.05) is 6.92 Å². The molecule has 0 bridgehead atoms. The summed E-state index contributed by atoms with van der Waals surface area (Å²) in [6, 6.07) is 3.06. The lowest BCUT2D eigenvalue weighted by molar-refractivity contribution is -0.116. The molecule has 0 aliphatic rings. The van der Waals surface area contributed by atoms with E-state index in [1.54, 1.807) is 0 Å². The quantitative estimate of drug-likeness (QED) is 0.751. The molecule has 5 heteroatoms. The van der Waals surface area contributed by atoms with Crippen LogP contribution in [0.15, 0.2) is 18.2 Å². The zero-order valence-corrected chi connectivity index (χ0v) is 9.72. The number of nitrogens with one attached hydrogen (secondary N) is 2. The van der Waals surface area contributed by atoms with Crippen molar-refractivity contribution in [1.82, 2.24) is 5.32 Å². The van der Waals surface area contributed by atoms with E-state index in [2.05, 4.69) is 10.6 Å². The van der Waals surface area contributed by atoms with Gasteiger partial charge in [-0.3, -0.25) is 4.79 Å². The SMILES string of the molecule is CCCNCCC(=O)Nc1ccc(F)cc1F. The highest BCUT2D eigenvalue weighted by Crippen LogP contribution is 2.14. The highest BCUT2D eigenvalue weighted by Gasteiger charge is 2.07. The van der Waals surface area contributed by atoms with Gasteiger partial charge in [0.1, 0.15) is 11.6 Å². The molecule has 0 aliphatic carbocycles. The van der Waals surface area contributed by atoms with Crippen LogP contribution in [0.3, 0.4) is 0 Å². The van der Waals surface area contributed by atoms with E-state index in [4.69, 9.17) is 0 Å². The van der Waals surface area contributed by atoms with E-state index in [9.17, 15) is 13.6 Å². The Morgan fingerprint density at radius 2 is 2.06 bits per heavy atom. The molecule has 1 aromatic carbocycles. The first-order chi connectivity index (χ1) is 8.13. The first-order valence-electron chi connectivity index (χ1n) is 5.59. The average Bonchev–Trinajstić information content (AvgIpc) is 2.28. The Morgan fingerprint density at radius 3 is 2.71 bits per heavy atom. The molecule has 17 heavy (non-hydrogen) atoms. The number of halogens is 2. The molecule has 0 spiro atoms. The van der Waals surface area contributed by atoms with E-state index < -0.39 is 11.6 Å². The van der Waals surface area contributed by atoms with Crippen molar-refractivity contribution in [3.63, 3.8) is 0 Å². The normalized spacial score (nSPS) is 10.3. The van der Waals surface area contributed by atoms with Gasteiger partial charge < -0.3 is 10.6 Å². The lowest BCUT2D eigenvalue weighted by atomic mass is 10.3. The molecular weight excluding hydrogens is 226 g/mol. The maximum Gasteiger partial charge on any atom is 0.225 e. The Balaban J connectivity index is 2.40. The largest absolute Gasteiger partial charge is 0.324 e. The second-order valence-electron chi connectivity index (χ2n) is 3.67. The van der Waals surface area contributed by atoms with Gasteiger partial charge in [-0.2, -0.15) is 0 Å². The van der Waals surface area contributed by atoms with E-state index in [-0.39, 0.29) is 18.0 Å². The summed E-state index contributed by atoms with van der Waals surface area (Å²) in [6.45, 7) is 3.42. The first-order valence-corrected chi connectivity index (χ1v) is 5.59. The van der Waals surface area contributed by atoms with Crippen molar-refractivity contribution < 1.29 is 13.6 Å². The van der Waals surface area contributed by atoms with E-state index >= 15 is 0 Å². The molecule has 1 rings (SSSR count). The van der Waals surface area contributed by atoms with Gasteiger partial charge in [-0.25, -0.2) is 8.78 Å². The van der Waals surface area contributed by atoms with E-state index in [1.165, 1.54) is 6.07 Å². The van der Waals surface area contributed by atoms with Crippen LogP contribution in [0.25, 0.3) is 0 Å². The monoisotopic (exact) mass is 242 g/mol. The molecule has 0 unspecified atom stereocenters. The molecule has 0 aromatic heterocycles. The highest BCUT2D eigenvalue weighted by atomic mass is 19.1. The fraction of sp³-hybridized carbons (Fsp3) is 0.417. The zero-order valence-electron chi connectivity index (χ0n) is 9.72. The number of amides is 1. The van der Waals surface area contributed by atoms with Crippen LogP contribution in [0.1, 0.15) is 19.8 Å². The molecule has 0 atom stereocenters. The molecule has 0 saturated carbocycles. The summed E-state index contributed by atoms with van der Waals surface area (Å²) in [6.07, 6.45) is 1.25. The fourth-order valence-corrected chi connectivity index (χ4v) is 1.31. The Hall–Kier alpha value is -1.49. The number of rotatable bonds is 6. The number of anilines is 1. The van der Waals surface area contributed by atoms with Crippen LogP contribution in [0.2, 0.25) is 0 Å². The minimum atomic E-state index is -0.764. The van der Waals surface area contributed by atoms with Gasteiger partial charge in [-0.15, -0.1) is 0 Å². The maximum absolute atomic E-state index is 13.2. The first kappa shape index (κ1) is 13.6. The van der Waals surface area contributed by atoms with Crippen LogP contribution in [0.4, 0.5) is 14.5 Å². The van der Waals surface area contributed by atoms with Crippen molar-refractivity contribution in [1.29, 1.82) is 0 Å². The standard InChI is InChI=1S/C12H16F2N2O/c1-2-6-15-7-5-12(17)16-11-4-3-9(13)8-10(11)14/h3-4,8,15H,2,5-7H2,1H3,(H,16,17). The Morgan fingerprint density at radius 1 is 1.29 bits per heavy atom. The van der Waals surface area contributed by atoms with Crippen LogP contribution < -0.4 is 10.6 Å². The van der Waals surface area contributed by atoms with Crippen LogP contribution in [-0.4, -0.2) is 19.0 Å². The molecule has 2 N–H and O–H groups in total. The third kappa shape index (κ3) is 4.91. The number of benzene rings is 1. The van der Waals surface area contributed by atoms with Crippen LogP contribution in [0, 0.1) is 11.6 Å². The van der Waals surface area contributed by atoms with E-state index in [1.807, 2.05) is 6.92 Å². The number of carbonyl (C=O) groups is 1. The van der Waals surface area contributed by atoms with Crippen LogP contribution in [-0.2, 0) is 4.79 Å². The van der Waals surface area contributed by atoms with Crippen molar-refractivity contribution in [2.24, 2.45) is 0 Å². The Labute approximate surface area is 99.2 Å². The third-order valence-corrected chi connectivity index (χ3v) is 2.16. The second kappa shape index (κ2) is 6.96. The van der Waals surface area contributed by atoms with Crippen molar-refractivity contribution in [3.05, 3.63) is 29.8 Å². The van der Waals surface area contributed by atoms with Crippen molar-refractivity contribution in [3.8, 4) is 0 Å². The Bertz CT molecular complexity index is 383. The molecule has 0 fully saturated rings. The summed E-state index contributed by atoms with van der Waals surface area (Å²) in [5.74, 6) is -1.72.